The second-order valence-corrected chi connectivity index (χ2v) is 5.90. The average Bonchev–Trinajstić information content (AvgIpc) is 2.31. The lowest BCUT2D eigenvalue weighted by molar-refractivity contribution is 0.0534. The fourth-order valence-electron chi connectivity index (χ4n) is 1.33. The molecular formula is C14H16BrF2NO2. The Hall–Kier alpha value is -1.43. The molecule has 1 aromatic rings. The zero-order valence-electron chi connectivity index (χ0n) is 11.5. The molecule has 0 radical (unpaired) electrons. The number of alkyl carbamates (subject to hydrolysis) is 1. The molecule has 0 fully saturated rings. The van der Waals surface area contributed by atoms with Crippen LogP contribution in [-0.4, -0.2) is 18.2 Å². The van der Waals surface area contributed by atoms with Gasteiger partial charge in [0.1, 0.15) is 17.2 Å². The summed E-state index contributed by atoms with van der Waals surface area (Å²) in [6, 6.07) is 2.45. The summed E-state index contributed by atoms with van der Waals surface area (Å²) in [5.74, 6) is -1.35. The van der Waals surface area contributed by atoms with Gasteiger partial charge in [0, 0.05) is 12.1 Å². The highest BCUT2D eigenvalue weighted by molar-refractivity contribution is 9.10. The van der Waals surface area contributed by atoms with Gasteiger partial charge < -0.3 is 10.1 Å². The van der Waals surface area contributed by atoms with Crippen molar-refractivity contribution in [3.05, 3.63) is 39.9 Å². The van der Waals surface area contributed by atoms with Crippen LogP contribution in [0.4, 0.5) is 13.6 Å². The van der Waals surface area contributed by atoms with Crippen molar-refractivity contribution in [2.24, 2.45) is 0 Å². The number of ether oxygens (including phenoxy) is 1. The van der Waals surface area contributed by atoms with E-state index in [4.69, 9.17) is 4.74 Å². The van der Waals surface area contributed by atoms with Gasteiger partial charge >= 0.3 is 6.09 Å². The van der Waals surface area contributed by atoms with Crippen LogP contribution in [0.15, 0.2) is 22.7 Å². The van der Waals surface area contributed by atoms with Crippen LogP contribution in [0, 0.1) is 11.6 Å². The van der Waals surface area contributed by atoms with E-state index < -0.39 is 23.3 Å². The molecule has 0 saturated heterocycles. The van der Waals surface area contributed by atoms with Crippen LogP contribution in [0.2, 0.25) is 0 Å². The van der Waals surface area contributed by atoms with Crippen LogP contribution in [0.5, 0.6) is 0 Å². The van der Waals surface area contributed by atoms with Crippen molar-refractivity contribution in [2.45, 2.75) is 26.4 Å². The van der Waals surface area contributed by atoms with Crippen molar-refractivity contribution in [3.8, 4) is 0 Å². The zero-order valence-corrected chi connectivity index (χ0v) is 13.1. The summed E-state index contributed by atoms with van der Waals surface area (Å²) in [7, 11) is 0. The van der Waals surface area contributed by atoms with E-state index >= 15 is 0 Å². The summed E-state index contributed by atoms with van der Waals surface area (Å²) in [5.41, 5.74) is -0.749. The van der Waals surface area contributed by atoms with Gasteiger partial charge in [0.15, 0.2) is 0 Å². The Morgan fingerprint density at radius 1 is 1.40 bits per heavy atom. The lowest BCUT2D eigenvalue weighted by Crippen LogP contribution is -2.32. The maximum Gasteiger partial charge on any atom is 0.407 e. The molecule has 0 aromatic heterocycles. The second-order valence-electron chi connectivity index (χ2n) is 5.04. The van der Waals surface area contributed by atoms with Crippen LogP contribution in [0.25, 0.3) is 6.08 Å². The highest BCUT2D eigenvalue weighted by Gasteiger charge is 2.15. The monoisotopic (exact) mass is 347 g/mol. The van der Waals surface area contributed by atoms with E-state index in [9.17, 15) is 13.6 Å². The Bertz CT molecular complexity index is 525. The molecule has 0 aliphatic heterocycles. The van der Waals surface area contributed by atoms with Gasteiger partial charge in [0.05, 0.1) is 4.47 Å². The van der Waals surface area contributed by atoms with E-state index in [1.165, 1.54) is 18.2 Å². The van der Waals surface area contributed by atoms with Gasteiger partial charge in [-0.25, -0.2) is 13.6 Å². The third-order valence-corrected chi connectivity index (χ3v) is 2.74. The molecule has 20 heavy (non-hydrogen) atoms. The molecule has 0 unspecified atom stereocenters. The molecule has 0 spiro atoms. The van der Waals surface area contributed by atoms with Crippen molar-refractivity contribution in [1.29, 1.82) is 0 Å². The summed E-state index contributed by atoms with van der Waals surface area (Å²) < 4.78 is 32.2. The quantitative estimate of drug-likeness (QED) is 0.829. The zero-order chi connectivity index (χ0) is 15.3. The molecule has 0 saturated carbocycles. The minimum atomic E-state index is -0.682. The molecule has 3 nitrogen and oxygen atoms in total. The Morgan fingerprint density at radius 2 is 2.05 bits per heavy atom. The van der Waals surface area contributed by atoms with Gasteiger partial charge in [-0.1, -0.05) is 12.2 Å². The van der Waals surface area contributed by atoms with Crippen molar-refractivity contribution < 1.29 is 18.3 Å². The van der Waals surface area contributed by atoms with Gasteiger partial charge in [-0.3, -0.25) is 0 Å². The third-order valence-electron chi connectivity index (χ3n) is 2.13. The minimum Gasteiger partial charge on any atom is -0.444 e. The van der Waals surface area contributed by atoms with Crippen LogP contribution in [-0.2, 0) is 4.74 Å². The molecule has 6 heteroatoms. The Balaban J connectivity index is 2.59. The highest BCUT2D eigenvalue weighted by Crippen LogP contribution is 2.22. The summed E-state index contributed by atoms with van der Waals surface area (Å²) >= 11 is 2.98. The number of amides is 1. The predicted molar refractivity (Wildman–Crippen MR) is 77.3 cm³/mol. The lowest BCUT2D eigenvalue weighted by atomic mass is 10.2. The molecule has 0 atom stereocenters. The number of carbonyl (C=O) groups excluding carboxylic acids is 1. The third kappa shape index (κ3) is 5.28. The first kappa shape index (κ1) is 16.6. The van der Waals surface area contributed by atoms with Gasteiger partial charge in [-0.15, -0.1) is 0 Å². The standard InChI is InChI=1S/C14H16BrF2NO2/c1-14(2,3)20-13(19)18-8-4-5-9-11(16)7-6-10(15)12(9)17/h4-7H,8H2,1-3H3,(H,18,19). The van der Waals surface area contributed by atoms with E-state index in [2.05, 4.69) is 21.2 Å². The average molecular weight is 348 g/mol. The number of nitrogens with one attached hydrogen (secondary N) is 1. The number of carbonyl (C=O) groups is 1. The smallest absolute Gasteiger partial charge is 0.407 e. The van der Waals surface area contributed by atoms with Gasteiger partial charge in [0.25, 0.3) is 0 Å². The van der Waals surface area contributed by atoms with E-state index in [1.807, 2.05) is 0 Å². The molecule has 0 aliphatic carbocycles. The molecule has 1 N–H and O–H groups in total. The second kappa shape index (κ2) is 6.83. The largest absolute Gasteiger partial charge is 0.444 e. The summed E-state index contributed by atoms with van der Waals surface area (Å²) in [6.07, 6.45) is 2.13. The van der Waals surface area contributed by atoms with E-state index in [0.717, 1.165) is 6.07 Å². The number of hydrogen-bond acceptors (Lipinski definition) is 2. The maximum absolute atomic E-state index is 13.6. The van der Waals surface area contributed by atoms with E-state index in [1.54, 1.807) is 20.8 Å². The Labute approximate surface area is 125 Å². The highest BCUT2D eigenvalue weighted by atomic mass is 79.9. The van der Waals surface area contributed by atoms with Crippen molar-refractivity contribution in [1.82, 2.24) is 5.32 Å². The summed E-state index contributed by atoms with van der Waals surface area (Å²) in [4.78, 5) is 11.3. The van der Waals surface area contributed by atoms with Crippen molar-refractivity contribution in [3.63, 3.8) is 0 Å². The van der Waals surface area contributed by atoms with Crippen molar-refractivity contribution >= 4 is 28.1 Å². The molecule has 1 rings (SSSR count). The van der Waals surface area contributed by atoms with Crippen LogP contribution >= 0.6 is 15.9 Å². The number of rotatable bonds is 3. The number of benzene rings is 1. The lowest BCUT2D eigenvalue weighted by Gasteiger charge is -2.19. The van der Waals surface area contributed by atoms with Crippen LogP contribution in [0.3, 0.4) is 0 Å². The topological polar surface area (TPSA) is 38.3 Å². The molecule has 1 amide bonds. The SMILES string of the molecule is CC(C)(C)OC(=O)NCC=Cc1c(F)ccc(Br)c1F. The van der Waals surface area contributed by atoms with Crippen LogP contribution in [0.1, 0.15) is 26.3 Å². The first-order valence-corrected chi connectivity index (χ1v) is 6.77. The fraction of sp³-hybridized carbons (Fsp3) is 0.357. The summed E-state index contributed by atoms with van der Waals surface area (Å²) in [5, 5.41) is 2.46. The first-order valence-electron chi connectivity index (χ1n) is 5.97. The number of hydrogen-bond donors (Lipinski definition) is 1. The molecule has 0 aliphatic rings. The molecule has 1 aromatic carbocycles. The van der Waals surface area contributed by atoms with Gasteiger partial charge in [0.2, 0.25) is 0 Å². The fourth-order valence-corrected chi connectivity index (χ4v) is 1.67. The van der Waals surface area contributed by atoms with E-state index in [0.29, 0.717) is 0 Å². The number of halogens is 3. The van der Waals surface area contributed by atoms with Gasteiger partial charge in [-0.2, -0.15) is 0 Å². The van der Waals surface area contributed by atoms with Gasteiger partial charge in [-0.05, 0) is 48.8 Å². The molecular weight excluding hydrogens is 332 g/mol. The summed E-state index contributed by atoms with van der Waals surface area (Å²) in [6.45, 7) is 5.35. The Morgan fingerprint density at radius 3 is 2.65 bits per heavy atom. The Kier molecular flexibility index (Phi) is 5.68. The minimum absolute atomic E-state index is 0.111. The maximum atomic E-state index is 13.6. The molecule has 0 bridgehead atoms. The molecule has 110 valence electrons. The van der Waals surface area contributed by atoms with Crippen LogP contribution < -0.4 is 5.32 Å². The van der Waals surface area contributed by atoms with Crippen molar-refractivity contribution in [2.75, 3.05) is 6.54 Å². The predicted octanol–water partition coefficient (Wildman–Crippen LogP) is 4.27. The van der Waals surface area contributed by atoms with E-state index in [-0.39, 0.29) is 16.6 Å². The normalized spacial score (nSPS) is 11.7. The molecule has 0 heterocycles. The first-order chi connectivity index (χ1) is 9.20.